The van der Waals surface area contributed by atoms with Crippen molar-refractivity contribution in [1.82, 2.24) is 4.90 Å². The first-order chi connectivity index (χ1) is 8.33. The highest BCUT2D eigenvalue weighted by molar-refractivity contribution is 5.32. The highest BCUT2D eigenvalue weighted by Gasteiger charge is 2.31. The maximum Gasteiger partial charge on any atom is 0.165 e. The summed E-state index contributed by atoms with van der Waals surface area (Å²) in [5.41, 5.74) is 6.61. The molecule has 18 heavy (non-hydrogen) atoms. The average molecular weight is 254 g/mol. The first-order valence-corrected chi connectivity index (χ1v) is 6.03. The minimum atomic E-state index is -0.338. The third-order valence-corrected chi connectivity index (χ3v) is 3.27. The molecule has 0 spiro atoms. The van der Waals surface area contributed by atoms with E-state index in [0.29, 0.717) is 6.54 Å². The smallest absolute Gasteiger partial charge is 0.165 e. The largest absolute Gasteiger partial charge is 0.494 e. The Bertz CT molecular complexity index is 405. The van der Waals surface area contributed by atoms with Crippen molar-refractivity contribution >= 4 is 0 Å². The fraction of sp³-hybridized carbons (Fsp3) is 0.571. The van der Waals surface area contributed by atoms with E-state index in [0.717, 1.165) is 5.56 Å². The number of nitrogens with two attached hydrogens (primary N) is 1. The molecule has 2 N–H and O–H groups in total. The molecule has 1 atom stereocenters. The average Bonchev–Trinajstić information content (AvgIpc) is 2.28. The molecular formula is C14H23FN2O. The van der Waals surface area contributed by atoms with Crippen LogP contribution < -0.4 is 10.5 Å². The molecule has 102 valence electrons. The molecule has 0 aliphatic carbocycles. The topological polar surface area (TPSA) is 38.5 Å². The van der Waals surface area contributed by atoms with Crippen LogP contribution >= 0.6 is 0 Å². The third-order valence-electron chi connectivity index (χ3n) is 3.27. The molecule has 1 unspecified atom stereocenters. The van der Waals surface area contributed by atoms with Crippen molar-refractivity contribution in [3.63, 3.8) is 0 Å². The van der Waals surface area contributed by atoms with Gasteiger partial charge in [-0.05, 0) is 43.8 Å². The quantitative estimate of drug-likeness (QED) is 0.877. The molecule has 0 amide bonds. The lowest BCUT2D eigenvalue weighted by molar-refractivity contribution is 0.143. The van der Waals surface area contributed by atoms with Gasteiger partial charge in [0.05, 0.1) is 7.11 Å². The Morgan fingerprint density at radius 1 is 1.39 bits per heavy atom. The van der Waals surface area contributed by atoms with Gasteiger partial charge < -0.3 is 15.4 Å². The Hall–Kier alpha value is -1.13. The summed E-state index contributed by atoms with van der Waals surface area (Å²) in [4.78, 5) is 2.06. The van der Waals surface area contributed by atoms with E-state index < -0.39 is 0 Å². The van der Waals surface area contributed by atoms with Crippen molar-refractivity contribution in [3.8, 4) is 5.75 Å². The predicted octanol–water partition coefficient (Wildman–Crippen LogP) is 2.42. The standard InChI is InChI=1S/C14H23FN2O/c1-14(2,9-16)13(17(3)4)10-6-7-12(18-5)11(15)8-10/h6-8,13H,9,16H2,1-5H3. The molecule has 0 radical (unpaired) electrons. The minimum Gasteiger partial charge on any atom is -0.494 e. The Labute approximate surface area is 109 Å². The van der Waals surface area contributed by atoms with Gasteiger partial charge in [-0.15, -0.1) is 0 Å². The van der Waals surface area contributed by atoms with E-state index in [1.54, 1.807) is 6.07 Å². The molecule has 0 heterocycles. The zero-order valence-electron chi connectivity index (χ0n) is 11.8. The number of benzene rings is 1. The maximum absolute atomic E-state index is 13.8. The summed E-state index contributed by atoms with van der Waals surface area (Å²) in [6.45, 7) is 4.70. The van der Waals surface area contributed by atoms with Crippen molar-refractivity contribution < 1.29 is 9.13 Å². The highest BCUT2D eigenvalue weighted by Crippen LogP contribution is 2.37. The zero-order valence-corrected chi connectivity index (χ0v) is 11.8. The van der Waals surface area contributed by atoms with Gasteiger partial charge in [-0.3, -0.25) is 0 Å². The van der Waals surface area contributed by atoms with Gasteiger partial charge in [-0.25, -0.2) is 4.39 Å². The minimum absolute atomic E-state index is 0.0582. The van der Waals surface area contributed by atoms with Gasteiger partial charge >= 0.3 is 0 Å². The van der Waals surface area contributed by atoms with Crippen LogP contribution in [0.25, 0.3) is 0 Å². The van der Waals surface area contributed by atoms with E-state index in [9.17, 15) is 4.39 Å². The molecule has 0 aliphatic heterocycles. The fourth-order valence-corrected chi connectivity index (χ4v) is 2.41. The van der Waals surface area contributed by atoms with E-state index in [-0.39, 0.29) is 23.0 Å². The molecular weight excluding hydrogens is 231 g/mol. The number of rotatable bonds is 5. The first kappa shape index (κ1) is 14.9. The summed E-state index contributed by atoms with van der Waals surface area (Å²) in [7, 11) is 5.42. The number of hydrogen-bond donors (Lipinski definition) is 1. The molecule has 0 bridgehead atoms. The number of halogens is 1. The van der Waals surface area contributed by atoms with Crippen LogP contribution in [0.5, 0.6) is 5.75 Å². The Morgan fingerprint density at radius 3 is 2.39 bits per heavy atom. The third kappa shape index (κ3) is 3.00. The van der Waals surface area contributed by atoms with Gasteiger partial charge in [-0.1, -0.05) is 19.9 Å². The lowest BCUT2D eigenvalue weighted by Crippen LogP contribution is -2.38. The van der Waals surface area contributed by atoms with E-state index in [1.807, 2.05) is 20.2 Å². The van der Waals surface area contributed by atoms with Crippen LogP contribution in [0.15, 0.2) is 18.2 Å². The molecule has 4 heteroatoms. The van der Waals surface area contributed by atoms with Crippen molar-refractivity contribution in [1.29, 1.82) is 0 Å². The van der Waals surface area contributed by atoms with Crippen molar-refractivity contribution in [2.45, 2.75) is 19.9 Å². The number of hydrogen-bond acceptors (Lipinski definition) is 3. The molecule has 1 aromatic rings. The molecule has 0 fully saturated rings. The van der Waals surface area contributed by atoms with Crippen LogP contribution in [0.4, 0.5) is 4.39 Å². The zero-order chi connectivity index (χ0) is 13.9. The van der Waals surface area contributed by atoms with Gasteiger partial charge in [0.15, 0.2) is 11.6 Å². The fourth-order valence-electron chi connectivity index (χ4n) is 2.41. The molecule has 1 aromatic carbocycles. The molecule has 3 nitrogen and oxygen atoms in total. The Morgan fingerprint density at radius 2 is 2.00 bits per heavy atom. The van der Waals surface area contributed by atoms with Crippen LogP contribution in [-0.4, -0.2) is 32.6 Å². The van der Waals surface area contributed by atoms with Crippen molar-refractivity contribution in [2.75, 3.05) is 27.7 Å². The van der Waals surface area contributed by atoms with Crippen molar-refractivity contribution in [3.05, 3.63) is 29.6 Å². The lowest BCUT2D eigenvalue weighted by Gasteiger charge is -2.38. The summed E-state index contributed by atoms with van der Waals surface area (Å²) in [6, 6.07) is 5.14. The normalized spacial score (nSPS) is 13.8. The van der Waals surface area contributed by atoms with Crippen molar-refractivity contribution in [2.24, 2.45) is 11.1 Å². The summed E-state index contributed by atoms with van der Waals surface area (Å²) in [5, 5.41) is 0. The molecule has 1 rings (SSSR count). The lowest BCUT2D eigenvalue weighted by atomic mass is 9.80. The van der Waals surface area contributed by atoms with Gasteiger partial charge in [0.25, 0.3) is 0 Å². The highest BCUT2D eigenvalue weighted by atomic mass is 19.1. The van der Waals surface area contributed by atoms with E-state index in [4.69, 9.17) is 10.5 Å². The van der Waals surface area contributed by atoms with E-state index >= 15 is 0 Å². The molecule has 0 saturated carbocycles. The van der Waals surface area contributed by atoms with E-state index in [2.05, 4.69) is 18.7 Å². The second kappa shape index (κ2) is 5.67. The SMILES string of the molecule is COc1ccc(C(N(C)C)C(C)(C)CN)cc1F. The summed E-state index contributed by atoms with van der Waals surface area (Å²) < 4.78 is 18.7. The Balaban J connectivity index is 3.19. The van der Waals surface area contributed by atoms with Crippen LogP contribution in [-0.2, 0) is 0 Å². The number of ether oxygens (including phenoxy) is 1. The van der Waals surface area contributed by atoms with Crippen LogP contribution in [0, 0.1) is 11.2 Å². The summed E-state index contributed by atoms with van der Waals surface area (Å²) >= 11 is 0. The van der Waals surface area contributed by atoms with Gasteiger partial charge in [0.2, 0.25) is 0 Å². The van der Waals surface area contributed by atoms with Gasteiger partial charge in [0.1, 0.15) is 0 Å². The second-order valence-corrected chi connectivity index (χ2v) is 5.45. The monoisotopic (exact) mass is 254 g/mol. The predicted molar refractivity (Wildman–Crippen MR) is 72.2 cm³/mol. The first-order valence-electron chi connectivity index (χ1n) is 6.03. The summed E-state index contributed by atoms with van der Waals surface area (Å²) in [6.07, 6.45) is 0. The van der Waals surface area contributed by atoms with E-state index in [1.165, 1.54) is 13.2 Å². The second-order valence-electron chi connectivity index (χ2n) is 5.45. The number of nitrogens with zero attached hydrogens (tertiary/aromatic N) is 1. The van der Waals surface area contributed by atoms with Crippen LogP contribution in [0.3, 0.4) is 0 Å². The van der Waals surface area contributed by atoms with Crippen LogP contribution in [0.1, 0.15) is 25.5 Å². The van der Waals surface area contributed by atoms with Gasteiger partial charge in [0, 0.05) is 6.04 Å². The summed E-state index contributed by atoms with van der Waals surface area (Å²) in [5.74, 6) is -0.0727. The molecule has 0 aliphatic rings. The number of methoxy groups -OCH3 is 1. The maximum atomic E-state index is 13.8. The van der Waals surface area contributed by atoms with Crippen LogP contribution in [0.2, 0.25) is 0 Å². The molecule has 0 saturated heterocycles. The molecule has 0 aromatic heterocycles. The Kier molecular flexibility index (Phi) is 4.71. The van der Waals surface area contributed by atoms with Gasteiger partial charge in [-0.2, -0.15) is 0 Å².